The maximum Gasteiger partial charge on any atom is 0.321 e. The maximum absolute atomic E-state index is 11.7. The second-order valence-corrected chi connectivity index (χ2v) is 5.18. The van der Waals surface area contributed by atoms with Crippen LogP contribution in [0.25, 0.3) is 0 Å². The highest BCUT2D eigenvalue weighted by Gasteiger charge is 2.17. The number of rotatable bonds is 3. The van der Waals surface area contributed by atoms with Crippen LogP contribution in [0.5, 0.6) is 0 Å². The number of amides is 3. The first kappa shape index (κ1) is 14.4. The van der Waals surface area contributed by atoms with E-state index >= 15 is 0 Å². The van der Waals surface area contributed by atoms with Gasteiger partial charge in [-0.3, -0.25) is 10.1 Å². The smallest absolute Gasteiger partial charge is 0.321 e. The number of hydrogen-bond donors (Lipinski definition) is 3. The lowest BCUT2D eigenvalue weighted by Gasteiger charge is -2.13. The van der Waals surface area contributed by atoms with Crippen LogP contribution in [-0.4, -0.2) is 24.2 Å². The third-order valence-corrected chi connectivity index (χ3v) is 3.73. The Hall–Kier alpha value is -1.69. The lowest BCUT2D eigenvalue weighted by atomic mass is 10.2. The van der Waals surface area contributed by atoms with Gasteiger partial charge in [-0.2, -0.15) is 0 Å². The summed E-state index contributed by atoms with van der Waals surface area (Å²) in [6.07, 6.45) is 0. The zero-order chi connectivity index (χ0) is 13.7. The Kier molecular flexibility index (Phi) is 5.03. The zero-order valence-corrected chi connectivity index (χ0v) is 11.4. The second-order valence-electron chi connectivity index (χ2n) is 3.80. The van der Waals surface area contributed by atoms with Crippen LogP contribution >= 0.6 is 11.8 Å². The molecule has 0 aliphatic rings. The minimum Gasteiger partial charge on any atom is -0.398 e. The van der Waals surface area contributed by atoms with Crippen molar-refractivity contribution >= 4 is 29.4 Å². The summed E-state index contributed by atoms with van der Waals surface area (Å²) in [7, 11) is 1.46. The van der Waals surface area contributed by atoms with Gasteiger partial charge in [0.05, 0.1) is 5.25 Å². The first-order valence-corrected chi connectivity index (χ1v) is 6.38. The predicted octanol–water partition coefficient (Wildman–Crippen LogP) is 1.51. The van der Waals surface area contributed by atoms with Crippen molar-refractivity contribution in [2.45, 2.75) is 24.0 Å². The fraction of sp³-hybridized carbons (Fsp3) is 0.333. The Bertz CT molecular complexity index is 463. The molecule has 0 radical (unpaired) electrons. The highest BCUT2D eigenvalue weighted by molar-refractivity contribution is 8.00. The molecule has 3 amide bonds. The quantitative estimate of drug-likeness (QED) is 0.572. The molecule has 0 aliphatic carbocycles. The van der Waals surface area contributed by atoms with Gasteiger partial charge in [-0.15, -0.1) is 11.8 Å². The van der Waals surface area contributed by atoms with Crippen LogP contribution in [0.4, 0.5) is 10.5 Å². The van der Waals surface area contributed by atoms with E-state index in [9.17, 15) is 9.59 Å². The van der Waals surface area contributed by atoms with Gasteiger partial charge in [0.15, 0.2) is 0 Å². The summed E-state index contributed by atoms with van der Waals surface area (Å²) in [6, 6.07) is 5.06. The van der Waals surface area contributed by atoms with Gasteiger partial charge in [-0.25, -0.2) is 4.79 Å². The predicted molar refractivity (Wildman–Crippen MR) is 73.5 cm³/mol. The van der Waals surface area contributed by atoms with E-state index in [-0.39, 0.29) is 11.2 Å². The minimum atomic E-state index is -0.503. The molecule has 98 valence electrons. The fourth-order valence-electron chi connectivity index (χ4n) is 1.28. The van der Waals surface area contributed by atoms with Gasteiger partial charge < -0.3 is 11.1 Å². The molecule has 4 N–H and O–H groups in total. The topological polar surface area (TPSA) is 84.2 Å². The number of thioether (sulfide) groups is 1. The van der Waals surface area contributed by atoms with Crippen LogP contribution < -0.4 is 16.4 Å². The van der Waals surface area contributed by atoms with Crippen molar-refractivity contribution in [1.29, 1.82) is 0 Å². The van der Waals surface area contributed by atoms with E-state index in [2.05, 4.69) is 10.6 Å². The number of nitrogen functional groups attached to an aromatic ring is 1. The lowest BCUT2D eigenvalue weighted by molar-refractivity contribution is -0.119. The van der Waals surface area contributed by atoms with Crippen molar-refractivity contribution in [2.24, 2.45) is 0 Å². The summed E-state index contributed by atoms with van der Waals surface area (Å²) >= 11 is 1.37. The standard InChI is InChI=1S/C12H17N3O2S/c1-7-9(13)5-4-6-10(7)18-8(2)11(16)15-12(17)14-3/h4-6,8H,13H2,1-3H3,(H2,14,15,16,17). The SMILES string of the molecule is CNC(=O)NC(=O)C(C)Sc1cccc(N)c1C. The number of imide groups is 1. The number of nitrogens with one attached hydrogen (secondary N) is 2. The fourth-order valence-corrected chi connectivity index (χ4v) is 2.28. The number of anilines is 1. The molecule has 0 saturated heterocycles. The van der Waals surface area contributed by atoms with Crippen LogP contribution in [0.15, 0.2) is 23.1 Å². The maximum atomic E-state index is 11.7. The van der Waals surface area contributed by atoms with E-state index in [0.717, 1.165) is 10.5 Å². The van der Waals surface area contributed by atoms with Crippen molar-refractivity contribution in [1.82, 2.24) is 10.6 Å². The van der Waals surface area contributed by atoms with E-state index in [1.807, 2.05) is 25.1 Å². The van der Waals surface area contributed by atoms with E-state index in [0.29, 0.717) is 5.69 Å². The Labute approximate surface area is 111 Å². The molecule has 1 unspecified atom stereocenters. The summed E-state index contributed by atoms with van der Waals surface area (Å²) in [5.41, 5.74) is 7.44. The zero-order valence-electron chi connectivity index (χ0n) is 10.6. The van der Waals surface area contributed by atoms with Crippen molar-refractivity contribution in [2.75, 3.05) is 12.8 Å². The monoisotopic (exact) mass is 267 g/mol. The number of urea groups is 1. The third kappa shape index (κ3) is 3.66. The van der Waals surface area contributed by atoms with E-state index in [4.69, 9.17) is 5.73 Å². The van der Waals surface area contributed by atoms with Crippen molar-refractivity contribution in [3.8, 4) is 0 Å². The molecule has 0 spiro atoms. The molecule has 1 aromatic carbocycles. The minimum absolute atomic E-state index is 0.332. The van der Waals surface area contributed by atoms with Gasteiger partial charge in [-0.1, -0.05) is 6.07 Å². The lowest BCUT2D eigenvalue weighted by Crippen LogP contribution is -2.41. The van der Waals surface area contributed by atoms with Gasteiger partial charge >= 0.3 is 6.03 Å². The summed E-state index contributed by atoms with van der Waals surface area (Å²) in [5.74, 6) is -0.332. The van der Waals surface area contributed by atoms with Gasteiger partial charge in [-0.05, 0) is 31.5 Å². The molecular weight excluding hydrogens is 250 g/mol. The van der Waals surface area contributed by atoms with Crippen LogP contribution in [0.1, 0.15) is 12.5 Å². The number of benzene rings is 1. The average Bonchev–Trinajstić information content (AvgIpc) is 2.34. The number of carbonyl (C=O) groups excluding carboxylic acids is 2. The van der Waals surface area contributed by atoms with Crippen LogP contribution in [0, 0.1) is 6.92 Å². The van der Waals surface area contributed by atoms with Gasteiger partial charge in [0.1, 0.15) is 0 Å². The highest BCUT2D eigenvalue weighted by atomic mass is 32.2. The molecule has 18 heavy (non-hydrogen) atoms. The first-order valence-electron chi connectivity index (χ1n) is 5.50. The second kappa shape index (κ2) is 6.30. The molecule has 6 heteroatoms. The number of carbonyl (C=O) groups is 2. The van der Waals surface area contributed by atoms with Crippen LogP contribution in [0.2, 0.25) is 0 Å². The van der Waals surface area contributed by atoms with Gasteiger partial charge in [0.25, 0.3) is 0 Å². The van der Waals surface area contributed by atoms with Crippen molar-refractivity contribution in [3.63, 3.8) is 0 Å². The molecule has 1 aromatic rings. The number of hydrogen-bond acceptors (Lipinski definition) is 4. The first-order chi connectivity index (χ1) is 8.45. The van der Waals surface area contributed by atoms with Gasteiger partial charge in [0.2, 0.25) is 5.91 Å². The van der Waals surface area contributed by atoms with Crippen LogP contribution in [-0.2, 0) is 4.79 Å². The van der Waals surface area contributed by atoms with Gasteiger partial charge in [0, 0.05) is 17.6 Å². The molecule has 0 aromatic heterocycles. The molecule has 0 aliphatic heterocycles. The molecule has 0 fully saturated rings. The van der Waals surface area contributed by atoms with Crippen LogP contribution in [0.3, 0.4) is 0 Å². The summed E-state index contributed by atoms with van der Waals surface area (Å²) in [6.45, 7) is 3.65. The Morgan fingerprint density at radius 3 is 2.67 bits per heavy atom. The Morgan fingerprint density at radius 1 is 1.39 bits per heavy atom. The molecule has 0 bridgehead atoms. The third-order valence-electron chi connectivity index (χ3n) is 2.46. The average molecular weight is 267 g/mol. The molecule has 5 nitrogen and oxygen atoms in total. The van der Waals surface area contributed by atoms with E-state index in [1.54, 1.807) is 6.92 Å². The Balaban J connectivity index is 2.69. The molecule has 1 rings (SSSR count). The molecular formula is C12H17N3O2S. The summed E-state index contributed by atoms with van der Waals surface area (Å²) in [5, 5.41) is 4.21. The van der Waals surface area contributed by atoms with Crippen molar-refractivity contribution in [3.05, 3.63) is 23.8 Å². The Morgan fingerprint density at radius 2 is 2.06 bits per heavy atom. The van der Waals surface area contributed by atoms with E-state index < -0.39 is 6.03 Å². The molecule has 0 saturated carbocycles. The summed E-state index contributed by atoms with van der Waals surface area (Å²) in [4.78, 5) is 23.7. The molecule has 1 atom stereocenters. The largest absolute Gasteiger partial charge is 0.398 e. The number of nitrogens with two attached hydrogens (primary N) is 1. The molecule has 0 heterocycles. The summed E-state index contributed by atoms with van der Waals surface area (Å²) < 4.78 is 0. The van der Waals surface area contributed by atoms with Crippen molar-refractivity contribution < 1.29 is 9.59 Å². The normalized spacial score (nSPS) is 11.7. The highest BCUT2D eigenvalue weighted by Crippen LogP contribution is 2.29. The van der Waals surface area contributed by atoms with E-state index in [1.165, 1.54) is 18.8 Å².